The third-order valence-corrected chi connectivity index (χ3v) is 4.68. The predicted octanol–water partition coefficient (Wildman–Crippen LogP) is -2.19. The topological polar surface area (TPSA) is 254 Å². The molecule has 0 aliphatic carbocycles. The fraction of sp³-hybridized carbons (Fsp3) is 0.550. The number of aromatic nitrogens is 2. The van der Waals surface area contributed by atoms with Crippen LogP contribution in [0, 0.1) is 5.92 Å². The second-order valence-electron chi connectivity index (χ2n) is 8.23. The van der Waals surface area contributed by atoms with Crippen LogP contribution in [0.4, 0.5) is 0 Å². The van der Waals surface area contributed by atoms with Crippen molar-refractivity contribution in [3.63, 3.8) is 0 Å². The largest absolute Gasteiger partial charge is 0.481 e. The Balaban J connectivity index is 2.96. The normalized spacial score (nSPS) is 14.3. The number of carbonyl (C=O) groups excluding carboxylic acids is 3. The van der Waals surface area contributed by atoms with Gasteiger partial charge in [0.1, 0.15) is 18.1 Å². The van der Waals surface area contributed by atoms with Gasteiger partial charge in [0.25, 0.3) is 0 Å². The molecule has 4 unspecified atom stereocenters. The summed E-state index contributed by atoms with van der Waals surface area (Å²) in [6.45, 7) is 3.53. The second kappa shape index (κ2) is 13.6. The fourth-order valence-corrected chi connectivity index (χ4v) is 3.01. The molecule has 0 aliphatic rings. The lowest BCUT2D eigenvalue weighted by atomic mass is 10.0. The maximum absolute atomic E-state index is 12.9. The number of nitrogens with one attached hydrogen (secondary N) is 4. The van der Waals surface area contributed by atoms with Crippen molar-refractivity contribution < 1.29 is 44.1 Å². The molecule has 1 aromatic heterocycles. The van der Waals surface area contributed by atoms with Gasteiger partial charge in [-0.1, -0.05) is 13.8 Å². The molecule has 0 saturated heterocycles. The van der Waals surface area contributed by atoms with E-state index in [1.165, 1.54) is 12.5 Å². The predicted molar refractivity (Wildman–Crippen MR) is 118 cm³/mol. The highest BCUT2D eigenvalue weighted by atomic mass is 16.4. The van der Waals surface area contributed by atoms with Crippen molar-refractivity contribution in [1.82, 2.24) is 25.9 Å². The van der Waals surface area contributed by atoms with E-state index in [2.05, 4.69) is 20.6 Å². The summed E-state index contributed by atoms with van der Waals surface area (Å²) in [5.74, 6) is -7.53. The van der Waals surface area contributed by atoms with Gasteiger partial charge in [-0.3, -0.25) is 24.0 Å². The number of carboxylic acids is 3. The van der Waals surface area contributed by atoms with E-state index in [9.17, 15) is 28.8 Å². The quantitative estimate of drug-likeness (QED) is 0.129. The first-order valence-corrected chi connectivity index (χ1v) is 10.6. The first-order valence-electron chi connectivity index (χ1n) is 10.6. The van der Waals surface area contributed by atoms with E-state index in [4.69, 9.17) is 21.1 Å². The highest BCUT2D eigenvalue weighted by Gasteiger charge is 2.32. The molecule has 0 aromatic carbocycles. The molecule has 9 N–H and O–H groups in total. The summed E-state index contributed by atoms with van der Waals surface area (Å²) < 4.78 is 0. The molecule has 15 nitrogen and oxygen atoms in total. The lowest BCUT2D eigenvalue weighted by Gasteiger charge is -2.25. The Hall–Kier alpha value is -4.01. The number of nitrogens with two attached hydrogens (primary N) is 1. The van der Waals surface area contributed by atoms with Gasteiger partial charge in [0.2, 0.25) is 17.7 Å². The average Bonchev–Trinajstić information content (AvgIpc) is 3.23. The molecule has 0 saturated carbocycles. The van der Waals surface area contributed by atoms with Crippen molar-refractivity contribution in [2.75, 3.05) is 0 Å². The Morgan fingerprint density at radius 2 is 1.40 bits per heavy atom. The SMILES string of the molecule is CC(C)CC(NC(=O)C(N)Cc1cnc[nH]1)C(=O)NC(CC(=O)O)C(=O)NC(CC(=O)O)C(=O)O. The molecule has 3 amide bonds. The van der Waals surface area contributed by atoms with Crippen molar-refractivity contribution in [1.29, 1.82) is 0 Å². The van der Waals surface area contributed by atoms with E-state index in [1.807, 2.05) is 5.32 Å². The third-order valence-electron chi connectivity index (χ3n) is 4.68. The maximum atomic E-state index is 12.9. The van der Waals surface area contributed by atoms with Crippen LogP contribution in [0.25, 0.3) is 0 Å². The van der Waals surface area contributed by atoms with Crippen LogP contribution in [0.5, 0.6) is 0 Å². The molecule has 0 spiro atoms. The third kappa shape index (κ3) is 10.6. The molecule has 35 heavy (non-hydrogen) atoms. The van der Waals surface area contributed by atoms with Crippen LogP contribution in [0.3, 0.4) is 0 Å². The molecule has 1 heterocycles. The minimum Gasteiger partial charge on any atom is -0.481 e. The summed E-state index contributed by atoms with van der Waals surface area (Å²) in [7, 11) is 0. The fourth-order valence-electron chi connectivity index (χ4n) is 3.01. The monoisotopic (exact) mass is 498 g/mol. The summed E-state index contributed by atoms with van der Waals surface area (Å²) in [4.78, 5) is 77.8. The number of hydrogen-bond donors (Lipinski definition) is 8. The van der Waals surface area contributed by atoms with Gasteiger partial charge in [0, 0.05) is 18.3 Å². The minimum atomic E-state index is -1.85. The molecular formula is C20H30N6O9. The molecule has 0 radical (unpaired) electrons. The highest BCUT2D eigenvalue weighted by Crippen LogP contribution is 2.08. The van der Waals surface area contributed by atoms with Crippen LogP contribution >= 0.6 is 0 Å². The summed E-state index contributed by atoms with van der Waals surface area (Å²) in [5, 5.41) is 33.6. The Bertz CT molecular complexity index is 918. The van der Waals surface area contributed by atoms with E-state index >= 15 is 0 Å². The van der Waals surface area contributed by atoms with E-state index in [0.29, 0.717) is 5.69 Å². The van der Waals surface area contributed by atoms with Gasteiger partial charge in [-0.05, 0) is 12.3 Å². The van der Waals surface area contributed by atoms with Crippen LogP contribution in [0.1, 0.15) is 38.8 Å². The molecule has 0 fully saturated rings. The van der Waals surface area contributed by atoms with Gasteiger partial charge < -0.3 is 42.0 Å². The Kier molecular flexibility index (Phi) is 11.3. The maximum Gasteiger partial charge on any atom is 0.326 e. The van der Waals surface area contributed by atoms with Crippen LogP contribution in [-0.2, 0) is 35.2 Å². The van der Waals surface area contributed by atoms with Crippen LogP contribution in [0.2, 0.25) is 0 Å². The number of H-pyrrole nitrogens is 1. The molecule has 0 aliphatic heterocycles. The van der Waals surface area contributed by atoms with E-state index < -0.39 is 72.6 Å². The lowest BCUT2D eigenvalue weighted by molar-refractivity contribution is -0.148. The summed E-state index contributed by atoms with van der Waals surface area (Å²) >= 11 is 0. The molecule has 15 heteroatoms. The van der Waals surface area contributed by atoms with E-state index in [0.717, 1.165) is 0 Å². The van der Waals surface area contributed by atoms with Gasteiger partial charge in [-0.2, -0.15) is 0 Å². The number of imidazole rings is 1. The molecule has 194 valence electrons. The molecule has 1 aromatic rings. The first kappa shape index (κ1) is 29.0. The second-order valence-corrected chi connectivity index (χ2v) is 8.23. The molecule has 0 bridgehead atoms. The number of nitrogens with zero attached hydrogens (tertiary/aromatic N) is 1. The zero-order valence-electron chi connectivity index (χ0n) is 19.2. The lowest BCUT2D eigenvalue weighted by Crippen LogP contribution is -2.58. The van der Waals surface area contributed by atoms with Crippen molar-refractivity contribution in [3.05, 3.63) is 18.2 Å². The van der Waals surface area contributed by atoms with Crippen LogP contribution in [0.15, 0.2) is 12.5 Å². The smallest absolute Gasteiger partial charge is 0.326 e. The number of carboxylic acid groups (broad SMARTS) is 3. The Labute approximate surface area is 199 Å². The Morgan fingerprint density at radius 1 is 0.886 bits per heavy atom. The number of amides is 3. The summed E-state index contributed by atoms with van der Waals surface area (Å²) in [6.07, 6.45) is 1.23. The number of rotatable bonds is 15. The highest BCUT2D eigenvalue weighted by molar-refractivity contribution is 5.96. The number of aliphatic carboxylic acids is 3. The van der Waals surface area contributed by atoms with Crippen LogP contribution in [-0.4, -0.2) is 85.1 Å². The van der Waals surface area contributed by atoms with Crippen molar-refractivity contribution in [2.45, 2.75) is 63.7 Å². The molecular weight excluding hydrogens is 468 g/mol. The number of carbonyl (C=O) groups is 6. The average molecular weight is 498 g/mol. The molecule has 1 rings (SSSR count). The van der Waals surface area contributed by atoms with Crippen molar-refractivity contribution in [3.8, 4) is 0 Å². The van der Waals surface area contributed by atoms with Gasteiger partial charge in [0.05, 0.1) is 25.2 Å². The van der Waals surface area contributed by atoms with Crippen LogP contribution < -0.4 is 21.7 Å². The molecule has 4 atom stereocenters. The number of aromatic amines is 1. The van der Waals surface area contributed by atoms with Gasteiger partial charge >= 0.3 is 17.9 Å². The summed E-state index contributed by atoms with van der Waals surface area (Å²) in [6, 6.07) is -5.81. The van der Waals surface area contributed by atoms with Gasteiger partial charge in [-0.25, -0.2) is 9.78 Å². The number of hydrogen-bond acceptors (Lipinski definition) is 8. The summed E-state index contributed by atoms with van der Waals surface area (Å²) in [5.41, 5.74) is 6.48. The van der Waals surface area contributed by atoms with Gasteiger partial charge in [0.15, 0.2) is 0 Å². The van der Waals surface area contributed by atoms with Crippen molar-refractivity contribution in [2.24, 2.45) is 11.7 Å². The first-order chi connectivity index (χ1) is 16.3. The van der Waals surface area contributed by atoms with Gasteiger partial charge in [-0.15, -0.1) is 0 Å². The zero-order valence-corrected chi connectivity index (χ0v) is 19.2. The minimum absolute atomic E-state index is 0.103. The standard InChI is InChI=1S/C20H30N6O9/c1-9(2)3-12(24-17(31)11(21)4-10-7-22-8-23-10)18(32)25-13(5-15(27)28)19(33)26-14(20(34)35)6-16(29)30/h7-9,11-14H,3-6,21H2,1-2H3,(H,22,23)(H,24,31)(H,25,32)(H,26,33)(H,27,28)(H,29,30)(H,34,35). The van der Waals surface area contributed by atoms with E-state index in [1.54, 1.807) is 13.8 Å². The van der Waals surface area contributed by atoms with E-state index in [-0.39, 0.29) is 18.8 Å². The Morgan fingerprint density at radius 3 is 1.89 bits per heavy atom. The van der Waals surface area contributed by atoms with Crippen molar-refractivity contribution >= 4 is 35.6 Å². The zero-order chi connectivity index (χ0) is 26.7.